The van der Waals surface area contributed by atoms with Crippen LogP contribution in [0, 0.1) is 0 Å². The molecule has 2 rings (SSSR count). The SMILES string of the molecule is O=Cc1sc(C(=O)O)c2c1OCCO2. The average Bonchev–Trinajstić information content (AvgIpc) is 2.56. The standard InChI is InChI=1S/C8H6O5S/c9-3-4-5-6(13-2-1-12-5)7(14-4)8(10)11/h3H,1-2H2,(H,10,11). The summed E-state index contributed by atoms with van der Waals surface area (Å²) in [5.41, 5.74) is 0. The van der Waals surface area contributed by atoms with Crippen molar-refractivity contribution in [2.45, 2.75) is 0 Å². The van der Waals surface area contributed by atoms with E-state index in [2.05, 4.69) is 0 Å². The van der Waals surface area contributed by atoms with Crippen molar-refractivity contribution >= 4 is 23.6 Å². The number of carboxylic acids is 1. The van der Waals surface area contributed by atoms with Gasteiger partial charge in [0.25, 0.3) is 0 Å². The lowest BCUT2D eigenvalue weighted by Gasteiger charge is -2.15. The van der Waals surface area contributed by atoms with Gasteiger partial charge in [-0.25, -0.2) is 4.79 Å². The van der Waals surface area contributed by atoms with Gasteiger partial charge in [-0.1, -0.05) is 0 Å². The van der Waals surface area contributed by atoms with Gasteiger partial charge >= 0.3 is 5.97 Å². The van der Waals surface area contributed by atoms with Crippen LogP contribution in [0.5, 0.6) is 11.5 Å². The Morgan fingerprint density at radius 2 is 2.00 bits per heavy atom. The Kier molecular flexibility index (Phi) is 2.12. The van der Waals surface area contributed by atoms with Crippen LogP contribution < -0.4 is 9.47 Å². The first kappa shape index (κ1) is 9.01. The Bertz CT molecular complexity index is 395. The molecule has 0 radical (unpaired) electrons. The number of rotatable bonds is 2. The minimum absolute atomic E-state index is 0.0156. The fourth-order valence-corrected chi connectivity index (χ4v) is 2.04. The van der Waals surface area contributed by atoms with Gasteiger partial charge in [-0.3, -0.25) is 4.79 Å². The number of hydrogen-bond donors (Lipinski definition) is 1. The zero-order valence-corrected chi connectivity index (χ0v) is 7.80. The molecule has 5 nitrogen and oxygen atoms in total. The molecule has 1 aromatic heterocycles. The molecule has 1 N–H and O–H groups in total. The molecule has 0 saturated carbocycles. The molecule has 0 aliphatic carbocycles. The van der Waals surface area contributed by atoms with Crippen LogP contribution in [0.2, 0.25) is 0 Å². The van der Waals surface area contributed by atoms with Crippen LogP contribution in [0.1, 0.15) is 19.3 Å². The van der Waals surface area contributed by atoms with Crippen LogP contribution in [0.15, 0.2) is 0 Å². The second-order valence-corrected chi connectivity index (χ2v) is 3.63. The molecule has 1 aromatic rings. The van der Waals surface area contributed by atoms with Gasteiger partial charge in [-0.15, -0.1) is 11.3 Å². The molecule has 0 saturated heterocycles. The highest BCUT2D eigenvalue weighted by molar-refractivity contribution is 7.16. The highest BCUT2D eigenvalue weighted by Gasteiger charge is 2.27. The van der Waals surface area contributed by atoms with Gasteiger partial charge in [0, 0.05) is 0 Å². The molecule has 0 bridgehead atoms. The first-order valence-electron chi connectivity index (χ1n) is 3.85. The summed E-state index contributed by atoms with van der Waals surface area (Å²) >= 11 is 0.866. The van der Waals surface area contributed by atoms with E-state index in [0.717, 1.165) is 11.3 Å². The van der Waals surface area contributed by atoms with Gasteiger partial charge in [0.15, 0.2) is 22.7 Å². The lowest BCUT2D eigenvalue weighted by atomic mass is 10.3. The van der Waals surface area contributed by atoms with E-state index in [9.17, 15) is 9.59 Å². The smallest absolute Gasteiger partial charge is 0.349 e. The maximum absolute atomic E-state index is 10.8. The third-order valence-electron chi connectivity index (χ3n) is 1.73. The summed E-state index contributed by atoms with van der Waals surface area (Å²) in [4.78, 5) is 21.6. The van der Waals surface area contributed by atoms with E-state index < -0.39 is 5.97 Å². The van der Waals surface area contributed by atoms with Crippen LogP contribution in [0.3, 0.4) is 0 Å². The zero-order valence-electron chi connectivity index (χ0n) is 6.98. The van der Waals surface area contributed by atoms with Crippen molar-refractivity contribution in [3.63, 3.8) is 0 Å². The van der Waals surface area contributed by atoms with Gasteiger partial charge in [0.05, 0.1) is 0 Å². The molecule has 1 aliphatic rings. The molecule has 14 heavy (non-hydrogen) atoms. The number of carboxylic acid groups (broad SMARTS) is 1. The molecule has 0 amide bonds. The summed E-state index contributed by atoms with van der Waals surface area (Å²) in [6, 6.07) is 0. The Hall–Kier alpha value is -1.56. The third-order valence-corrected chi connectivity index (χ3v) is 2.79. The number of aromatic carboxylic acids is 1. The van der Waals surface area contributed by atoms with E-state index in [1.165, 1.54) is 0 Å². The van der Waals surface area contributed by atoms with E-state index in [1.807, 2.05) is 0 Å². The summed E-state index contributed by atoms with van der Waals surface area (Å²) in [6.07, 6.45) is 0.574. The van der Waals surface area contributed by atoms with E-state index in [0.29, 0.717) is 19.5 Å². The summed E-state index contributed by atoms with van der Waals surface area (Å²) in [7, 11) is 0. The number of carbonyl (C=O) groups is 2. The molecule has 0 spiro atoms. The first-order chi connectivity index (χ1) is 6.74. The Morgan fingerprint density at radius 1 is 1.36 bits per heavy atom. The second-order valence-electron chi connectivity index (χ2n) is 2.57. The maximum atomic E-state index is 10.8. The Balaban J connectivity index is 2.57. The fraction of sp³-hybridized carbons (Fsp3) is 0.250. The number of hydrogen-bond acceptors (Lipinski definition) is 5. The number of carbonyl (C=O) groups excluding carboxylic acids is 1. The minimum Gasteiger partial charge on any atom is -0.484 e. The van der Waals surface area contributed by atoms with E-state index >= 15 is 0 Å². The van der Waals surface area contributed by atoms with Crippen LogP contribution in [-0.2, 0) is 0 Å². The van der Waals surface area contributed by atoms with Gasteiger partial charge in [0.1, 0.15) is 18.1 Å². The Labute approximate surface area is 82.9 Å². The third kappa shape index (κ3) is 1.24. The van der Waals surface area contributed by atoms with Crippen molar-refractivity contribution in [2.75, 3.05) is 13.2 Å². The quantitative estimate of drug-likeness (QED) is 0.744. The summed E-state index contributed by atoms with van der Waals surface area (Å²) in [5, 5.41) is 8.81. The fourth-order valence-electron chi connectivity index (χ4n) is 1.19. The van der Waals surface area contributed by atoms with Gasteiger partial charge in [-0.05, 0) is 0 Å². The molecule has 6 heteroatoms. The van der Waals surface area contributed by atoms with Crippen molar-refractivity contribution in [1.29, 1.82) is 0 Å². The van der Waals surface area contributed by atoms with Gasteiger partial charge < -0.3 is 14.6 Å². The van der Waals surface area contributed by atoms with Gasteiger partial charge in [0.2, 0.25) is 0 Å². The monoisotopic (exact) mass is 214 g/mol. The minimum atomic E-state index is -1.11. The molecule has 0 atom stereocenters. The lowest BCUT2D eigenvalue weighted by molar-refractivity contribution is 0.0693. The number of aldehydes is 1. The number of fused-ring (bicyclic) bond motifs is 1. The first-order valence-corrected chi connectivity index (χ1v) is 4.66. The molecule has 2 heterocycles. The van der Waals surface area contributed by atoms with Crippen LogP contribution in [0.25, 0.3) is 0 Å². The van der Waals surface area contributed by atoms with Crippen molar-refractivity contribution in [3.05, 3.63) is 9.75 Å². The Morgan fingerprint density at radius 3 is 2.57 bits per heavy atom. The summed E-state index contributed by atoms with van der Waals surface area (Å²) in [6.45, 7) is 0.645. The molecular formula is C8H6O5S. The molecule has 0 unspecified atom stereocenters. The number of thiophene rings is 1. The topological polar surface area (TPSA) is 72.8 Å². The van der Waals surface area contributed by atoms with E-state index in [-0.39, 0.29) is 21.3 Å². The lowest BCUT2D eigenvalue weighted by Crippen LogP contribution is -2.16. The van der Waals surface area contributed by atoms with Crippen molar-refractivity contribution in [1.82, 2.24) is 0 Å². The summed E-state index contributed by atoms with van der Waals surface area (Å²) < 4.78 is 10.3. The molecule has 74 valence electrons. The van der Waals surface area contributed by atoms with E-state index in [4.69, 9.17) is 14.6 Å². The number of ether oxygens (including phenoxy) is 2. The largest absolute Gasteiger partial charge is 0.484 e. The van der Waals surface area contributed by atoms with Gasteiger partial charge in [-0.2, -0.15) is 0 Å². The average molecular weight is 214 g/mol. The summed E-state index contributed by atoms with van der Waals surface area (Å²) in [5.74, 6) is -0.672. The highest BCUT2D eigenvalue weighted by Crippen LogP contribution is 2.42. The molecule has 0 aromatic carbocycles. The van der Waals surface area contributed by atoms with E-state index in [1.54, 1.807) is 0 Å². The molecular weight excluding hydrogens is 208 g/mol. The maximum Gasteiger partial charge on any atom is 0.349 e. The van der Waals surface area contributed by atoms with Crippen molar-refractivity contribution in [2.24, 2.45) is 0 Å². The zero-order chi connectivity index (χ0) is 10.1. The highest BCUT2D eigenvalue weighted by atomic mass is 32.1. The normalized spacial score (nSPS) is 13.7. The van der Waals surface area contributed by atoms with Crippen molar-refractivity contribution < 1.29 is 24.2 Å². The molecule has 0 fully saturated rings. The molecule has 1 aliphatic heterocycles. The van der Waals surface area contributed by atoms with Crippen LogP contribution in [0.4, 0.5) is 0 Å². The second kappa shape index (κ2) is 3.30. The van der Waals surface area contributed by atoms with Crippen molar-refractivity contribution in [3.8, 4) is 11.5 Å². The van der Waals surface area contributed by atoms with Crippen LogP contribution >= 0.6 is 11.3 Å². The predicted molar refractivity (Wildman–Crippen MR) is 47.7 cm³/mol. The predicted octanol–water partition coefficient (Wildman–Crippen LogP) is 1.03. The van der Waals surface area contributed by atoms with Crippen LogP contribution in [-0.4, -0.2) is 30.6 Å².